The first-order valence-corrected chi connectivity index (χ1v) is 7.20. The van der Waals surface area contributed by atoms with Crippen molar-refractivity contribution in [1.82, 2.24) is 0 Å². The summed E-state index contributed by atoms with van der Waals surface area (Å²) in [5.74, 6) is 0. The molecule has 0 spiro atoms. The molecule has 3 aromatic rings. The maximum absolute atomic E-state index is 4.35. The molecule has 0 unspecified atom stereocenters. The van der Waals surface area contributed by atoms with Crippen LogP contribution in [0.15, 0.2) is 79.4 Å². The molecule has 0 aliphatic rings. The van der Waals surface area contributed by atoms with Crippen LogP contribution in [-0.4, -0.2) is 0 Å². The fourth-order valence-corrected chi connectivity index (χ4v) is 2.73. The summed E-state index contributed by atoms with van der Waals surface area (Å²) in [4.78, 5) is 0. The zero-order valence-corrected chi connectivity index (χ0v) is 12.2. The zero-order valence-electron chi connectivity index (χ0n) is 12.2. The predicted molar refractivity (Wildman–Crippen MR) is 93.2 cm³/mol. The van der Waals surface area contributed by atoms with Crippen molar-refractivity contribution < 1.29 is 0 Å². The second-order valence-electron chi connectivity index (χ2n) is 5.09. The van der Waals surface area contributed by atoms with Crippen LogP contribution in [0.5, 0.6) is 0 Å². The molecule has 0 saturated heterocycles. The third-order valence-electron chi connectivity index (χ3n) is 3.75. The predicted octanol–water partition coefficient (Wildman–Crippen LogP) is 5.93. The third kappa shape index (κ3) is 2.53. The molecule has 3 rings (SSSR count). The van der Waals surface area contributed by atoms with Crippen molar-refractivity contribution >= 4 is 22.4 Å². The Morgan fingerprint density at radius 2 is 1.48 bits per heavy atom. The summed E-state index contributed by atoms with van der Waals surface area (Å²) in [6.45, 7) is 6.39. The number of rotatable bonds is 3. The molecule has 102 valence electrons. The number of hydrogen-bond acceptors (Lipinski definition) is 0. The summed E-state index contributed by atoms with van der Waals surface area (Å²) >= 11 is 0. The molecule has 0 heterocycles. The standard InChI is InChI=1S/C21H18/c1-3-9-17-10-4-6-13-19(17)16(2)20-15-8-12-18-11-5-7-14-21(18)20/h3-15H,2H2,1H3/b9-3-. The van der Waals surface area contributed by atoms with E-state index in [1.807, 2.05) is 6.92 Å². The first kappa shape index (κ1) is 13.4. The van der Waals surface area contributed by atoms with E-state index in [0.717, 1.165) is 5.57 Å². The first-order chi connectivity index (χ1) is 10.3. The number of allylic oxidation sites excluding steroid dienone is 1. The molecule has 3 aromatic carbocycles. The molecule has 0 nitrogen and oxygen atoms in total. The van der Waals surface area contributed by atoms with Crippen molar-refractivity contribution in [1.29, 1.82) is 0 Å². The van der Waals surface area contributed by atoms with E-state index in [-0.39, 0.29) is 0 Å². The van der Waals surface area contributed by atoms with Gasteiger partial charge in [-0.25, -0.2) is 0 Å². The molecule has 0 aliphatic carbocycles. The Bertz CT molecular complexity index is 817. The Labute approximate surface area is 126 Å². The van der Waals surface area contributed by atoms with E-state index in [2.05, 4.69) is 85.5 Å². The second-order valence-corrected chi connectivity index (χ2v) is 5.09. The van der Waals surface area contributed by atoms with Crippen molar-refractivity contribution in [3.05, 3.63) is 96.1 Å². The average molecular weight is 270 g/mol. The first-order valence-electron chi connectivity index (χ1n) is 7.20. The van der Waals surface area contributed by atoms with E-state index < -0.39 is 0 Å². The molecule has 0 aromatic heterocycles. The minimum Gasteiger partial charge on any atom is -0.0905 e. The zero-order chi connectivity index (χ0) is 14.7. The van der Waals surface area contributed by atoms with E-state index in [4.69, 9.17) is 0 Å². The normalized spacial score (nSPS) is 11.1. The van der Waals surface area contributed by atoms with Crippen LogP contribution in [-0.2, 0) is 0 Å². The van der Waals surface area contributed by atoms with E-state index in [9.17, 15) is 0 Å². The molecule has 0 N–H and O–H groups in total. The third-order valence-corrected chi connectivity index (χ3v) is 3.75. The summed E-state index contributed by atoms with van der Waals surface area (Å²) in [5.41, 5.74) is 4.66. The van der Waals surface area contributed by atoms with Gasteiger partial charge in [0.05, 0.1) is 0 Å². The van der Waals surface area contributed by atoms with Gasteiger partial charge >= 0.3 is 0 Å². The van der Waals surface area contributed by atoms with Gasteiger partial charge in [-0.2, -0.15) is 0 Å². The molecule has 0 amide bonds. The quantitative estimate of drug-likeness (QED) is 0.553. The lowest BCUT2D eigenvalue weighted by Gasteiger charge is -2.12. The van der Waals surface area contributed by atoms with E-state index in [1.165, 1.54) is 27.5 Å². The lowest BCUT2D eigenvalue weighted by atomic mass is 9.91. The van der Waals surface area contributed by atoms with Gasteiger partial charge in [-0.1, -0.05) is 85.5 Å². The van der Waals surface area contributed by atoms with Crippen LogP contribution in [0.1, 0.15) is 23.6 Å². The second kappa shape index (κ2) is 5.80. The van der Waals surface area contributed by atoms with Gasteiger partial charge in [0.15, 0.2) is 0 Å². The molecule has 0 fully saturated rings. The molecular formula is C21H18. The van der Waals surface area contributed by atoms with Crippen molar-refractivity contribution in [2.75, 3.05) is 0 Å². The maximum Gasteiger partial charge on any atom is -0.0105 e. The van der Waals surface area contributed by atoms with Gasteiger partial charge in [-0.3, -0.25) is 0 Å². The number of hydrogen-bond donors (Lipinski definition) is 0. The van der Waals surface area contributed by atoms with Gasteiger partial charge in [-0.15, -0.1) is 0 Å². The summed E-state index contributed by atoms with van der Waals surface area (Å²) in [6.07, 6.45) is 4.20. The van der Waals surface area contributed by atoms with Gasteiger partial charge in [-0.05, 0) is 40.0 Å². The highest BCUT2D eigenvalue weighted by molar-refractivity contribution is 5.98. The number of fused-ring (bicyclic) bond motifs is 1. The smallest absolute Gasteiger partial charge is 0.0105 e. The van der Waals surface area contributed by atoms with Crippen LogP contribution in [0.4, 0.5) is 0 Å². The molecule has 0 aliphatic heterocycles. The lowest BCUT2D eigenvalue weighted by molar-refractivity contribution is 1.55. The molecular weight excluding hydrogens is 252 g/mol. The highest BCUT2D eigenvalue weighted by Crippen LogP contribution is 2.30. The summed E-state index contributed by atoms with van der Waals surface area (Å²) in [6, 6.07) is 23.2. The van der Waals surface area contributed by atoms with Crippen LogP contribution < -0.4 is 0 Å². The fraction of sp³-hybridized carbons (Fsp3) is 0.0476. The molecule has 0 heteroatoms. The fourth-order valence-electron chi connectivity index (χ4n) is 2.73. The Morgan fingerprint density at radius 3 is 2.33 bits per heavy atom. The highest BCUT2D eigenvalue weighted by atomic mass is 14.1. The Hall–Kier alpha value is -2.60. The van der Waals surface area contributed by atoms with Crippen molar-refractivity contribution in [3.63, 3.8) is 0 Å². The Balaban J connectivity index is 2.18. The SMILES string of the molecule is C=C(c1ccccc1/C=C\C)c1cccc2ccccc12. The molecule has 0 bridgehead atoms. The van der Waals surface area contributed by atoms with Crippen LogP contribution in [0.25, 0.3) is 22.4 Å². The van der Waals surface area contributed by atoms with Gasteiger partial charge < -0.3 is 0 Å². The van der Waals surface area contributed by atoms with Crippen LogP contribution in [0.3, 0.4) is 0 Å². The molecule has 21 heavy (non-hydrogen) atoms. The van der Waals surface area contributed by atoms with Gasteiger partial charge in [0.25, 0.3) is 0 Å². The minimum atomic E-state index is 1.07. The van der Waals surface area contributed by atoms with Gasteiger partial charge in [0.1, 0.15) is 0 Å². The minimum absolute atomic E-state index is 1.07. The Morgan fingerprint density at radius 1 is 0.810 bits per heavy atom. The van der Waals surface area contributed by atoms with Crippen LogP contribution >= 0.6 is 0 Å². The molecule has 0 saturated carbocycles. The van der Waals surface area contributed by atoms with Crippen LogP contribution in [0.2, 0.25) is 0 Å². The maximum atomic E-state index is 4.35. The van der Waals surface area contributed by atoms with E-state index >= 15 is 0 Å². The highest BCUT2D eigenvalue weighted by Gasteiger charge is 2.08. The summed E-state index contributed by atoms with van der Waals surface area (Å²) in [7, 11) is 0. The van der Waals surface area contributed by atoms with Gasteiger partial charge in [0.2, 0.25) is 0 Å². The Kier molecular flexibility index (Phi) is 3.70. The van der Waals surface area contributed by atoms with E-state index in [1.54, 1.807) is 0 Å². The molecule has 0 atom stereocenters. The van der Waals surface area contributed by atoms with Crippen molar-refractivity contribution in [3.8, 4) is 0 Å². The summed E-state index contributed by atoms with van der Waals surface area (Å²) < 4.78 is 0. The van der Waals surface area contributed by atoms with Crippen molar-refractivity contribution in [2.24, 2.45) is 0 Å². The average Bonchev–Trinajstić information content (AvgIpc) is 2.54. The van der Waals surface area contributed by atoms with Crippen LogP contribution in [0, 0.1) is 0 Å². The van der Waals surface area contributed by atoms with Crippen molar-refractivity contribution in [2.45, 2.75) is 6.92 Å². The monoisotopic (exact) mass is 270 g/mol. The molecule has 0 radical (unpaired) electrons. The summed E-state index contributed by atoms with van der Waals surface area (Å²) in [5, 5.41) is 2.50. The van der Waals surface area contributed by atoms with Gasteiger partial charge in [0, 0.05) is 0 Å². The van der Waals surface area contributed by atoms with E-state index in [0.29, 0.717) is 0 Å². The lowest BCUT2D eigenvalue weighted by Crippen LogP contribution is -1.91. The number of benzene rings is 3. The largest absolute Gasteiger partial charge is 0.0905 e. The topological polar surface area (TPSA) is 0 Å².